The van der Waals surface area contributed by atoms with Crippen LogP contribution < -0.4 is 0 Å². The molecule has 1 N–H and O–H groups in total. The first-order chi connectivity index (χ1) is 7.58. The fraction of sp³-hybridized carbons (Fsp3) is 0.538. The van der Waals surface area contributed by atoms with Crippen LogP contribution in [-0.2, 0) is 6.54 Å². The van der Waals surface area contributed by atoms with Gasteiger partial charge in [0.1, 0.15) is 0 Å². The summed E-state index contributed by atoms with van der Waals surface area (Å²) < 4.78 is 0. The van der Waals surface area contributed by atoms with Gasteiger partial charge < -0.3 is 5.11 Å². The second kappa shape index (κ2) is 6.24. The third-order valence-electron chi connectivity index (χ3n) is 2.91. The minimum Gasteiger partial charge on any atom is -0.395 e. The van der Waals surface area contributed by atoms with Gasteiger partial charge in [0.2, 0.25) is 0 Å². The van der Waals surface area contributed by atoms with Crippen molar-refractivity contribution in [1.82, 2.24) is 4.90 Å². The van der Waals surface area contributed by atoms with Gasteiger partial charge in [-0.3, -0.25) is 4.90 Å². The molecule has 0 radical (unpaired) electrons. The average molecular weight is 242 g/mol. The number of aliphatic hydroxyl groups excluding tert-OH is 1. The van der Waals surface area contributed by atoms with Crippen LogP contribution in [0.5, 0.6) is 0 Å². The fourth-order valence-corrected chi connectivity index (χ4v) is 2.23. The summed E-state index contributed by atoms with van der Waals surface area (Å²) in [5.74, 6) is 0. The monoisotopic (exact) mass is 241 g/mol. The van der Waals surface area contributed by atoms with Crippen molar-refractivity contribution in [2.24, 2.45) is 0 Å². The molecule has 16 heavy (non-hydrogen) atoms. The van der Waals surface area contributed by atoms with Gasteiger partial charge in [-0.2, -0.15) is 0 Å². The lowest BCUT2D eigenvalue weighted by Gasteiger charge is -2.21. The zero-order valence-electron chi connectivity index (χ0n) is 10.3. The smallest absolute Gasteiger partial charge is 0.0558 e. The van der Waals surface area contributed by atoms with E-state index >= 15 is 0 Å². The Balaban J connectivity index is 2.87. The minimum absolute atomic E-state index is 0.208. The zero-order chi connectivity index (χ0) is 12.1. The van der Waals surface area contributed by atoms with Crippen molar-refractivity contribution in [3.8, 4) is 0 Å². The van der Waals surface area contributed by atoms with Crippen molar-refractivity contribution >= 4 is 11.6 Å². The van der Waals surface area contributed by atoms with Crippen molar-refractivity contribution in [2.75, 3.05) is 19.7 Å². The van der Waals surface area contributed by atoms with E-state index in [0.29, 0.717) is 0 Å². The van der Waals surface area contributed by atoms with E-state index in [0.717, 1.165) is 24.7 Å². The van der Waals surface area contributed by atoms with Gasteiger partial charge in [-0.25, -0.2) is 0 Å². The summed E-state index contributed by atoms with van der Waals surface area (Å²) in [7, 11) is 0. The highest BCUT2D eigenvalue weighted by molar-refractivity contribution is 6.30. The summed E-state index contributed by atoms with van der Waals surface area (Å²) in [6, 6.07) is 3.99. The number of nitrogens with zero attached hydrogens (tertiary/aromatic N) is 1. The third kappa shape index (κ3) is 3.48. The Morgan fingerprint density at radius 2 is 1.81 bits per heavy atom. The van der Waals surface area contributed by atoms with Crippen LogP contribution in [0.3, 0.4) is 0 Å². The number of hydrogen-bond donors (Lipinski definition) is 1. The van der Waals surface area contributed by atoms with E-state index in [1.807, 2.05) is 12.1 Å². The van der Waals surface area contributed by atoms with Crippen LogP contribution in [0.4, 0.5) is 0 Å². The highest BCUT2D eigenvalue weighted by Crippen LogP contribution is 2.21. The number of rotatable bonds is 5. The Kier molecular flexibility index (Phi) is 5.26. The number of aliphatic hydroxyl groups is 1. The Labute approximate surface area is 103 Å². The first-order valence-corrected chi connectivity index (χ1v) is 6.05. The van der Waals surface area contributed by atoms with E-state index in [2.05, 4.69) is 25.7 Å². The van der Waals surface area contributed by atoms with Crippen molar-refractivity contribution < 1.29 is 5.11 Å². The molecule has 0 heterocycles. The first kappa shape index (κ1) is 13.5. The quantitative estimate of drug-likeness (QED) is 0.857. The number of halogens is 1. The second-order valence-corrected chi connectivity index (χ2v) is 4.55. The normalized spacial score (nSPS) is 11.1. The molecule has 1 rings (SSSR count). The van der Waals surface area contributed by atoms with E-state index in [1.165, 1.54) is 16.7 Å². The molecule has 0 aliphatic rings. The van der Waals surface area contributed by atoms with Gasteiger partial charge in [-0.15, -0.1) is 0 Å². The molecular weight excluding hydrogens is 222 g/mol. The standard InChI is InChI=1S/C13H20ClNO/c1-4-15(5-6-16)9-13-10(2)7-12(14)8-11(13)3/h7-8,16H,4-6,9H2,1-3H3. The van der Waals surface area contributed by atoms with Crippen LogP contribution in [0.1, 0.15) is 23.6 Å². The van der Waals surface area contributed by atoms with Crippen molar-refractivity contribution in [2.45, 2.75) is 27.3 Å². The summed E-state index contributed by atoms with van der Waals surface area (Å²) in [4.78, 5) is 2.23. The van der Waals surface area contributed by atoms with Gasteiger partial charge >= 0.3 is 0 Å². The van der Waals surface area contributed by atoms with E-state index in [1.54, 1.807) is 0 Å². The number of benzene rings is 1. The second-order valence-electron chi connectivity index (χ2n) is 4.11. The highest BCUT2D eigenvalue weighted by Gasteiger charge is 2.08. The molecule has 0 aliphatic heterocycles. The Morgan fingerprint density at radius 3 is 2.25 bits per heavy atom. The molecule has 90 valence electrons. The lowest BCUT2D eigenvalue weighted by molar-refractivity contribution is 0.196. The van der Waals surface area contributed by atoms with Crippen LogP contribution in [0.2, 0.25) is 5.02 Å². The van der Waals surface area contributed by atoms with Crippen LogP contribution in [0, 0.1) is 13.8 Å². The van der Waals surface area contributed by atoms with E-state index in [-0.39, 0.29) is 6.61 Å². The number of aryl methyl sites for hydroxylation is 2. The molecule has 0 amide bonds. The molecule has 0 atom stereocenters. The van der Waals surface area contributed by atoms with Crippen molar-refractivity contribution in [3.05, 3.63) is 33.8 Å². The van der Waals surface area contributed by atoms with Crippen LogP contribution in [0.25, 0.3) is 0 Å². The Morgan fingerprint density at radius 1 is 1.25 bits per heavy atom. The molecule has 0 bridgehead atoms. The topological polar surface area (TPSA) is 23.5 Å². The molecular formula is C13H20ClNO. The summed E-state index contributed by atoms with van der Waals surface area (Å²) >= 11 is 6.00. The molecule has 0 aliphatic carbocycles. The first-order valence-electron chi connectivity index (χ1n) is 5.67. The predicted octanol–water partition coefficient (Wildman–Crippen LogP) is 2.77. The largest absolute Gasteiger partial charge is 0.395 e. The molecule has 1 aromatic carbocycles. The molecule has 0 saturated carbocycles. The van der Waals surface area contributed by atoms with Gasteiger partial charge in [0.15, 0.2) is 0 Å². The molecule has 2 nitrogen and oxygen atoms in total. The lowest BCUT2D eigenvalue weighted by Crippen LogP contribution is -2.26. The van der Waals surface area contributed by atoms with Gasteiger partial charge in [0, 0.05) is 18.1 Å². The molecule has 0 saturated heterocycles. The maximum atomic E-state index is 8.97. The van der Waals surface area contributed by atoms with Gasteiger partial charge in [-0.1, -0.05) is 18.5 Å². The van der Waals surface area contributed by atoms with Gasteiger partial charge in [-0.05, 0) is 49.2 Å². The molecule has 0 unspecified atom stereocenters. The number of hydrogen-bond acceptors (Lipinski definition) is 2. The van der Waals surface area contributed by atoms with Gasteiger partial charge in [0.05, 0.1) is 6.61 Å². The SMILES string of the molecule is CCN(CCO)Cc1c(C)cc(Cl)cc1C. The molecule has 3 heteroatoms. The average Bonchev–Trinajstić information content (AvgIpc) is 2.21. The zero-order valence-corrected chi connectivity index (χ0v) is 11.0. The van der Waals surface area contributed by atoms with Gasteiger partial charge in [0.25, 0.3) is 0 Å². The summed E-state index contributed by atoms with van der Waals surface area (Å²) in [5, 5.41) is 9.76. The van der Waals surface area contributed by atoms with E-state index in [4.69, 9.17) is 16.7 Å². The lowest BCUT2D eigenvalue weighted by atomic mass is 10.0. The van der Waals surface area contributed by atoms with E-state index < -0.39 is 0 Å². The summed E-state index contributed by atoms with van der Waals surface area (Å²) in [5.41, 5.74) is 3.77. The summed E-state index contributed by atoms with van der Waals surface area (Å²) in [6.45, 7) is 9.03. The number of likely N-dealkylation sites (N-methyl/N-ethyl adjacent to an activating group) is 1. The predicted molar refractivity (Wildman–Crippen MR) is 69.0 cm³/mol. The van der Waals surface area contributed by atoms with Crippen molar-refractivity contribution in [1.29, 1.82) is 0 Å². The third-order valence-corrected chi connectivity index (χ3v) is 3.12. The molecule has 0 spiro atoms. The van der Waals surface area contributed by atoms with Crippen LogP contribution in [-0.4, -0.2) is 29.7 Å². The maximum Gasteiger partial charge on any atom is 0.0558 e. The highest BCUT2D eigenvalue weighted by atomic mass is 35.5. The van der Waals surface area contributed by atoms with Crippen LogP contribution in [0.15, 0.2) is 12.1 Å². The fourth-order valence-electron chi connectivity index (χ4n) is 1.90. The minimum atomic E-state index is 0.208. The maximum absolute atomic E-state index is 8.97. The van der Waals surface area contributed by atoms with Crippen LogP contribution >= 0.6 is 11.6 Å². The van der Waals surface area contributed by atoms with E-state index in [9.17, 15) is 0 Å². The van der Waals surface area contributed by atoms with Crippen molar-refractivity contribution in [3.63, 3.8) is 0 Å². The Hall–Kier alpha value is -0.570. The molecule has 1 aromatic rings. The molecule has 0 fully saturated rings. The summed E-state index contributed by atoms with van der Waals surface area (Å²) in [6.07, 6.45) is 0. The Bertz CT molecular complexity index is 329. The molecule has 0 aromatic heterocycles.